The molecule has 0 aliphatic carbocycles. The third kappa shape index (κ3) is 61.3. The van der Waals surface area contributed by atoms with E-state index in [-0.39, 0.29) is 18.8 Å². The molecule has 0 spiro atoms. The van der Waals surface area contributed by atoms with Crippen molar-refractivity contribution in [1.82, 2.24) is 5.32 Å². The first kappa shape index (κ1) is 51.1. The van der Waals surface area contributed by atoms with Crippen LogP contribution in [0.1, 0.15) is 89.5 Å². The van der Waals surface area contributed by atoms with Crippen molar-refractivity contribution in [2.45, 2.75) is 89.5 Å². The first-order valence-electron chi connectivity index (χ1n) is 14.3. The van der Waals surface area contributed by atoms with E-state index in [4.69, 9.17) is 0 Å². The molecule has 0 amide bonds. The molecule has 1 aromatic rings. The van der Waals surface area contributed by atoms with Gasteiger partial charge in [-0.2, -0.15) is 0 Å². The lowest BCUT2D eigenvalue weighted by molar-refractivity contribution is 0.163. The summed E-state index contributed by atoms with van der Waals surface area (Å²) >= 11 is 0. The van der Waals surface area contributed by atoms with Gasteiger partial charge in [-0.25, -0.2) is 0 Å². The van der Waals surface area contributed by atoms with Crippen LogP contribution in [0.25, 0.3) is 0 Å². The van der Waals surface area contributed by atoms with Crippen LogP contribution in [-0.2, 0) is 5.54 Å². The van der Waals surface area contributed by atoms with Gasteiger partial charge in [0.05, 0.1) is 0 Å². The molecule has 0 unspecified atom stereocenters. The lowest BCUT2D eigenvalue weighted by Gasteiger charge is -2.35. The molecule has 0 aliphatic heterocycles. The normalized spacial score (nSPS) is 11.9. The minimum atomic E-state index is -6.00. The number of hydrogen-bond donors (Lipinski definition) is 3. The molecule has 23 heteroatoms. The predicted molar refractivity (Wildman–Crippen MR) is 152 cm³/mol. The Kier molecular flexibility index (Phi) is 31.4. The van der Waals surface area contributed by atoms with E-state index < -0.39 is 29.0 Å². The highest BCUT2D eigenvalue weighted by atomic mass is 19.5. The fraction of sp³-hybridized carbons (Fsp3) is 0.739. The molecule has 1 aromatic carbocycles. The smallest absolute Gasteiger partial charge is 0.418 e. The Labute approximate surface area is 259 Å². The van der Waals surface area contributed by atoms with Crippen molar-refractivity contribution in [1.29, 1.82) is 0 Å². The second kappa shape index (κ2) is 28.3. The molecular formula is C23H41B4F16NO2-4. The highest BCUT2D eigenvalue weighted by Gasteiger charge is 2.30. The summed E-state index contributed by atoms with van der Waals surface area (Å²) in [4.78, 5) is 0. The van der Waals surface area contributed by atoms with Gasteiger partial charge in [-0.1, -0.05) is 95.0 Å². The number of halogens is 16. The van der Waals surface area contributed by atoms with E-state index in [0.717, 1.165) is 18.5 Å². The van der Waals surface area contributed by atoms with Crippen LogP contribution >= 0.6 is 0 Å². The topological polar surface area (TPSA) is 52.5 Å². The SMILES string of the molecule is CCCCCCCCCCCCNC(CCO)(CCO)c1ccccc1.F[B-](F)(F)F.F[B-](F)(F)F.F[B-](F)(F)F.F[B-](F)(F)F. The van der Waals surface area contributed by atoms with Gasteiger partial charge in [-0.05, 0) is 31.4 Å². The number of aliphatic hydroxyl groups is 2. The molecule has 0 fully saturated rings. The van der Waals surface area contributed by atoms with Gasteiger partial charge in [-0.3, -0.25) is 0 Å². The molecule has 0 aromatic heterocycles. The van der Waals surface area contributed by atoms with E-state index in [0.29, 0.717) is 12.8 Å². The minimum Gasteiger partial charge on any atom is -0.418 e. The van der Waals surface area contributed by atoms with Crippen LogP contribution in [0.2, 0.25) is 0 Å². The van der Waals surface area contributed by atoms with Crippen LogP contribution < -0.4 is 5.32 Å². The standard InChI is InChI=1S/C23H41NO2.4BF4/c1-2-3-4-5-6-7-8-9-10-14-19-24-23(17-20-25,18-21-26)22-15-12-11-13-16-22;4*2-1(3,4)5/h11-13,15-16,24-26H,2-10,14,17-21H2,1H3;;;;/q;4*-1. The summed E-state index contributed by atoms with van der Waals surface area (Å²) in [5.74, 6) is 0. The van der Waals surface area contributed by atoms with Gasteiger partial charge in [0.25, 0.3) is 0 Å². The Bertz CT molecular complexity index is 709. The molecule has 0 bridgehead atoms. The number of aliphatic hydroxyl groups excluding tert-OH is 2. The molecule has 0 saturated heterocycles. The van der Waals surface area contributed by atoms with Crippen molar-refractivity contribution in [3.63, 3.8) is 0 Å². The van der Waals surface area contributed by atoms with Gasteiger partial charge in [-0.15, -0.1) is 0 Å². The number of unbranched alkanes of at least 4 members (excludes halogenated alkanes) is 9. The maximum Gasteiger partial charge on any atom is 0.673 e. The summed E-state index contributed by atoms with van der Waals surface area (Å²) in [5, 5.41) is 22.7. The van der Waals surface area contributed by atoms with Gasteiger partial charge in [0, 0.05) is 18.8 Å². The van der Waals surface area contributed by atoms with Crippen LogP contribution in [-0.4, -0.2) is 59.0 Å². The van der Waals surface area contributed by atoms with Gasteiger partial charge < -0.3 is 84.6 Å². The van der Waals surface area contributed by atoms with Gasteiger partial charge >= 0.3 is 29.0 Å². The average molecular weight is 711 g/mol. The van der Waals surface area contributed by atoms with Crippen molar-refractivity contribution < 1.29 is 79.3 Å². The van der Waals surface area contributed by atoms with Crippen molar-refractivity contribution >= 4 is 29.0 Å². The molecule has 0 radical (unpaired) electrons. The number of rotatable bonds is 17. The highest BCUT2D eigenvalue weighted by Crippen LogP contribution is 2.29. The summed E-state index contributed by atoms with van der Waals surface area (Å²) in [5.41, 5.74) is 0.847. The molecule has 0 heterocycles. The zero-order chi connectivity index (χ0) is 36.9. The monoisotopic (exact) mass is 711 g/mol. The minimum absolute atomic E-state index is 0.125. The van der Waals surface area contributed by atoms with Crippen molar-refractivity contribution in [3.05, 3.63) is 35.9 Å². The van der Waals surface area contributed by atoms with Gasteiger partial charge in [0.15, 0.2) is 0 Å². The summed E-state index contributed by atoms with van der Waals surface area (Å²) < 4.78 is 156. The molecule has 3 N–H and O–H groups in total. The van der Waals surface area contributed by atoms with E-state index in [1.807, 2.05) is 18.2 Å². The Balaban J connectivity index is -0.000000355. The van der Waals surface area contributed by atoms with Crippen molar-refractivity contribution in [3.8, 4) is 0 Å². The largest absolute Gasteiger partial charge is 0.673 e. The molecule has 3 nitrogen and oxygen atoms in total. The van der Waals surface area contributed by atoms with E-state index in [1.54, 1.807) is 0 Å². The molecule has 0 atom stereocenters. The first-order valence-corrected chi connectivity index (χ1v) is 14.3. The fourth-order valence-corrected chi connectivity index (χ4v) is 3.77. The van der Waals surface area contributed by atoms with Crippen LogP contribution in [0.3, 0.4) is 0 Å². The van der Waals surface area contributed by atoms with Crippen molar-refractivity contribution in [2.75, 3.05) is 19.8 Å². The molecule has 0 saturated carbocycles. The maximum atomic E-state index is 9.75. The van der Waals surface area contributed by atoms with Gasteiger partial charge in [0.2, 0.25) is 0 Å². The van der Waals surface area contributed by atoms with Crippen LogP contribution in [0, 0.1) is 0 Å². The first-order chi connectivity index (χ1) is 20.8. The Morgan fingerprint density at radius 3 is 1.07 bits per heavy atom. The van der Waals surface area contributed by atoms with Gasteiger partial charge in [0.1, 0.15) is 0 Å². The molecule has 278 valence electrons. The quantitative estimate of drug-likeness (QED) is 0.0857. The summed E-state index contributed by atoms with van der Waals surface area (Å²) in [6, 6.07) is 10.3. The third-order valence-corrected chi connectivity index (χ3v) is 5.40. The summed E-state index contributed by atoms with van der Waals surface area (Å²) in [6.45, 7) is 3.45. The lowest BCUT2D eigenvalue weighted by atomic mass is 9.83. The number of benzene rings is 1. The van der Waals surface area contributed by atoms with Crippen LogP contribution in [0.4, 0.5) is 69.1 Å². The van der Waals surface area contributed by atoms with Crippen LogP contribution in [0.5, 0.6) is 0 Å². The zero-order valence-corrected chi connectivity index (χ0v) is 25.2. The summed E-state index contributed by atoms with van der Waals surface area (Å²) in [7, 11) is -24.0. The zero-order valence-electron chi connectivity index (χ0n) is 25.2. The average Bonchev–Trinajstić information content (AvgIpc) is 2.84. The molecule has 46 heavy (non-hydrogen) atoms. The molecule has 0 aliphatic rings. The summed E-state index contributed by atoms with van der Waals surface area (Å²) in [6.07, 6.45) is 14.6. The highest BCUT2D eigenvalue weighted by molar-refractivity contribution is 6.50. The second-order valence-electron chi connectivity index (χ2n) is 9.48. The Morgan fingerprint density at radius 1 is 0.500 bits per heavy atom. The predicted octanol–water partition coefficient (Wildman–Crippen LogP) is 10.4. The molecule has 1 rings (SSSR count). The number of nitrogens with one attached hydrogen (secondary N) is 1. The van der Waals surface area contributed by atoms with E-state index >= 15 is 0 Å². The Hall–Kier alpha value is -1.76. The number of hydrogen-bond acceptors (Lipinski definition) is 3. The molecular weight excluding hydrogens is 669 g/mol. The lowest BCUT2D eigenvalue weighted by Crippen LogP contribution is -2.44. The van der Waals surface area contributed by atoms with Crippen LogP contribution in [0.15, 0.2) is 30.3 Å². The Morgan fingerprint density at radius 2 is 0.783 bits per heavy atom. The van der Waals surface area contributed by atoms with E-state index in [2.05, 4.69) is 24.4 Å². The van der Waals surface area contributed by atoms with E-state index in [9.17, 15) is 79.3 Å². The third-order valence-electron chi connectivity index (χ3n) is 5.40. The fourth-order valence-electron chi connectivity index (χ4n) is 3.77. The second-order valence-corrected chi connectivity index (χ2v) is 9.48. The van der Waals surface area contributed by atoms with Crippen molar-refractivity contribution in [2.24, 2.45) is 0 Å². The van der Waals surface area contributed by atoms with E-state index in [1.165, 1.54) is 57.8 Å². The maximum absolute atomic E-state index is 9.75.